The summed E-state index contributed by atoms with van der Waals surface area (Å²) in [7, 11) is 1.81. The van der Waals surface area contributed by atoms with Crippen molar-refractivity contribution in [3.05, 3.63) is 18.2 Å². The predicted octanol–water partition coefficient (Wildman–Crippen LogP) is 2.51. The van der Waals surface area contributed by atoms with Crippen molar-refractivity contribution >= 4 is 41.7 Å². The standard InChI is InChI=1S/C14H27N5S.HI/c1-12-16-8-10-19(12)9-6-7-17-13(15-4)18-11-14(2,3)20-5;/h8,10H,6-7,9,11H2,1-5H3,(H2,15,17,18);1H. The quantitative estimate of drug-likeness (QED) is 0.305. The lowest BCUT2D eigenvalue weighted by molar-refractivity contribution is 0.606. The van der Waals surface area contributed by atoms with Crippen molar-refractivity contribution < 1.29 is 0 Å². The molecule has 0 bridgehead atoms. The van der Waals surface area contributed by atoms with Crippen molar-refractivity contribution in [2.75, 3.05) is 26.4 Å². The Bertz CT molecular complexity index is 431. The second kappa shape index (κ2) is 10.3. The second-order valence-corrected chi connectivity index (χ2v) is 6.85. The van der Waals surface area contributed by atoms with Gasteiger partial charge in [-0.2, -0.15) is 11.8 Å². The molecule has 0 aliphatic carbocycles. The molecule has 0 radical (unpaired) electrons. The molecule has 122 valence electrons. The Morgan fingerprint density at radius 1 is 1.43 bits per heavy atom. The Morgan fingerprint density at radius 3 is 2.67 bits per heavy atom. The van der Waals surface area contributed by atoms with Crippen LogP contribution in [-0.2, 0) is 6.54 Å². The number of imidazole rings is 1. The second-order valence-electron chi connectivity index (χ2n) is 5.34. The average molecular weight is 425 g/mol. The number of rotatable bonds is 7. The SMILES string of the molecule is CN=C(NCCCn1ccnc1C)NCC(C)(C)SC.I. The van der Waals surface area contributed by atoms with Crippen molar-refractivity contribution in [3.63, 3.8) is 0 Å². The van der Waals surface area contributed by atoms with Crippen LogP contribution >= 0.6 is 35.7 Å². The van der Waals surface area contributed by atoms with Crippen molar-refractivity contribution in [1.82, 2.24) is 20.2 Å². The van der Waals surface area contributed by atoms with Gasteiger partial charge in [-0.25, -0.2) is 4.98 Å². The van der Waals surface area contributed by atoms with Crippen LogP contribution in [0, 0.1) is 6.92 Å². The van der Waals surface area contributed by atoms with Gasteiger partial charge >= 0.3 is 0 Å². The van der Waals surface area contributed by atoms with Crippen molar-refractivity contribution in [3.8, 4) is 0 Å². The average Bonchev–Trinajstić information content (AvgIpc) is 2.83. The van der Waals surface area contributed by atoms with Crippen LogP contribution in [0.1, 0.15) is 26.1 Å². The summed E-state index contributed by atoms with van der Waals surface area (Å²) < 4.78 is 2.38. The van der Waals surface area contributed by atoms with E-state index in [4.69, 9.17) is 0 Å². The fraction of sp³-hybridized carbons (Fsp3) is 0.714. The minimum absolute atomic E-state index is 0. The van der Waals surface area contributed by atoms with E-state index in [0.29, 0.717) is 0 Å². The molecule has 0 aliphatic heterocycles. The fourth-order valence-electron chi connectivity index (χ4n) is 1.69. The lowest BCUT2D eigenvalue weighted by Crippen LogP contribution is -2.43. The minimum Gasteiger partial charge on any atom is -0.356 e. The van der Waals surface area contributed by atoms with Gasteiger partial charge < -0.3 is 15.2 Å². The maximum Gasteiger partial charge on any atom is 0.191 e. The molecular weight excluding hydrogens is 397 g/mol. The van der Waals surface area contributed by atoms with Crippen LogP contribution in [0.4, 0.5) is 0 Å². The van der Waals surface area contributed by atoms with E-state index in [-0.39, 0.29) is 28.7 Å². The zero-order valence-corrected chi connectivity index (χ0v) is 16.8. The topological polar surface area (TPSA) is 54.2 Å². The summed E-state index contributed by atoms with van der Waals surface area (Å²) in [6, 6.07) is 0. The highest BCUT2D eigenvalue weighted by atomic mass is 127. The zero-order chi connectivity index (χ0) is 15.0. The predicted molar refractivity (Wildman–Crippen MR) is 104 cm³/mol. The van der Waals surface area contributed by atoms with Gasteiger partial charge in [0.05, 0.1) is 0 Å². The molecule has 0 fully saturated rings. The number of nitrogens with zero attached hydrogens (tertiary/aromatic N) is 3. The number of nitrogens with one attached hydrogen (secondary N) is 2. The van der Waals surface area contributed by atoms with Gasteiger partial charge in [0.2, 0.25) is 0 Å². The van der Waals surface area contributed by atoms with Gasteiger partial charge in [0.15, 0.2) is 5.96 Å². The van der Waals surface area contributed by atoms with E-state index in [2.05, 4.69) is 45.3 Å². The summed E-state index contributed by atoms with van der Waals surface area (Å²) in [6.45, 7) is 9.25. The van der Waals surface area contributed by atoms with Crippen LogP contribution in [0.15, 0.2) is 17.4 Å². The highest BCUT2D eigenvalue weighted by molar-refractivity contribution is 14.0. The number of halogens is 1. The number of aliphatic imine (C=N–C) groups is 1. The normalized spacial score (nSPS) is 12.0. The molecule has 0 saturated heterocycles. The molecule has 5 nitrogen and oxygen atoms in total. The first-order valence-corrected chi connectivity index (χ1v) is 8.18. The molecule has 0 atom stereocenters. The lowest BCUT2D eigenvalue weighted by Gasteiger charge is -2.23. The summed E-state index contributed by atoms with van der Waals surface area (Å²) in [5.74, 6) is 1.93. The van der Waals surface area contributed by atoms with Crippen LogP contribution in [0.25, 0.3) is 0 Å². The first-order chi connectivity index (χ1) is 9.48. The third-order valence-electron chi connectivity index (χ3n) is 3.25. The molecule has 0 aromatic carbocycles. The minimum atomic E-state index is 0. The number of hydrogen-bond donors (Lipinski definition) is 2. The van der Waals surface area contributed by atoms with Crippen molar-refractivity contribution in [2.45, 2.75) is 38.5 Å². The molecule has 0 spiro atoms. The van der Waals surface area contributed by atoms with Crippen LogP contribution < -0.4 is 10.6 Å². The first kappa shape index (κ1) is 20.6. The van der Waals surface area contributed by atoms with Crippen LogP contribution in [0.3, 0.4) is 0 Å². The van der Waals surface area contributed by atoms with Gasteiger partial charge in [0.1, 0.15) is 5.82 Å². The maximum atomic E-state index is 4.24. The number of guanidine groups is 1. The number of aryl methyl sites for hydroxylation is 2. The van der Waals surface area contributed by atoms with E-state index in [1.54, 1.807) is 7.05 Å². The van der Waals surface area contributed by atoms with Gasteiger partial charge in [0.25, 0.3) is 0 Å². The summed E-state index contributed by atoms with van der Waals surface area (Å²) >= 11 is 1.85. The summed E-state index contributed by atoms with van der Waals surface area (Å²) in [4.78, 5) is 8.46. The highest BCUT2D eigenvalue weighted by Gasteiger charge is 2.15. The van der Waals surface area contributed by atoms with Gasteiger partial charge in [0, 0.05) is 43.8 Å². The van der Waals surface area contributed by atoms with E-state index < -0.39 is 0 Å². The molecule has 7 heteroatoms. The molecule has 1 aromatic rings. The highest BCUT2D eigenvalue weighted by Crippen LogP contribution is 2.19. The Kier molecular flexibility index (Phi) is 10.1. The number of aromatic nitrogens is 2. The van der Waals surface area contributed by atoms with E-state index in [1.165, 1.54) is 0 Å². The Labute approximate surface area is 149 Å². The van der Waals surface area contributed by atoms with E-state index in [9.17, 15) is 0 Å². The number of hydrogen-bond acceptors (Lipinski definition) is 3. The zero-order valence-electron chi connectivity index (χ0n) is 13.6. The smallest absolute Gasteiger partial charge is 0.191 e. The molecule has 1 aromatic heterocycles. The molecule has 0 saturated carbocycles. The Hall–Kier alpha value is -0.440. The fourth-order valence-corrected chi connectivity index (χ4v) is 1.90. The molecule has 0 amide bonds. The molecule has 0 unspecified atom stereocenters. The van der Waals surface area contributed by atoms with E-state index >= 15 is 0 Å². The summed E-state index contributed by atoms with van der Waals surface area (Å²) in [5, 5.41) is 6.71. The van der Waals surface area contributed by atoms with Crippen LogP contribution in [0.5, 0.6) is 0 Å². The Morgan fingerprint density at radius 2 is 2.14 bits per heavy atom. The molecule has 2 N–H and O–H groups in total. The molecular formula is C14H28IN5S. The van der Waals surface area contributed by atoms with Gasteiger partial charge in [-0.3, -0.25) is 4.99 Å². The van der Waals surface area contributed by atoms with Gasteiger partial charge in [-0.1, -0.05) is 0 Å². The van der Waals surface area contributed by atoms with Gasteiger partial charge in [-0.15, -0.1) is 24.0 Å². The maximum absolute atomic E-state index is 4.24. The molecule has 1 heterocycles. The third kappa shape index (κ3) is 7.94. The van der Waals surface area contributed by atoms with Crippen molar-refractivity contribution in [2.24, 2.45) is 4.99 Å². The van der Waals surface area contributed by atoms with E-state index in [1.807, 2.05) is 31.1 Å². The molecule has 1 rings (SSSR count). The molecule has 0 aliphatic rings. The lowest BCUT2D eigenvalue weighted by atomic mass is 10.2. The monoisotopic (exact) mass is 425 g/mol. The van der Waals surface area contributed by atoms with Gasteiger partial charge in [-0.05, 0) is 33.4 Å². The summed E-state index contributed by atoms with van der Waals surface area (Å²) in [6.07, 6.45) is 7.03. The van der Waals surface area contributed by atoms with Crippen molar-refractivity contribution in [1.29, 1.82) is 0 Å². The van der Waals surface area contributed by atoms with Crippen LogP contribution in [0.2, 0.25) is 0 Å². The first-order valence-electron chi connectivity index (χ1n) is 6.96. The third-order valence-corrected chi connectivity index (χ3v) is 4.50. The Balaban J connectivity index is 0.00000400. The van der Waals surface area contributed by atoms with E-state index in [0.717, 1.165) is 37.8 Å². The summed E-state index contributed by atoms with van der Waals surface area (Å²) in [5.41, 5.74) is 0. The number of thioether (sulfide) groups is 1. The largest absolute Gasteiger partial charge is 0.356 e. The van der Waals surface area contributed by atoms with Crippen LogP contribution in [-0.4, -0.2) is 46.7 Å². The molecule has 21 heavy (non-hydrogen) atoms.